The molecule has 0 aliphatic heterocycles. The smallest absolute Gasteiger partial charge is 0.331 e. The molecule has 0 aliphatic carbocycles. The minimum absolute atomic E-state index is 0.283. The third kappa shape index (κ3) is 5.05. The minimum atomic E-state index is -0.514. The van der Waals surface area contributed by atoms with Crippen LogP contribution in [-0.2, 0) is 9.53 Å². The summed E-state index contributed by atoms with van der Waals surface area (Å²) in [5.74, 6) is -0.283. The van der Waals surface area contributed by atoms with Crippen molar-refractivity contribution in [3.05, 3.63) is 71.8 Å². The van der Waals surface area contributed by atoms with Gasteiger partial charge in [0.05, 0.1) is 5.71 Å². The molecule has 0 saturated carbocycles. The van der Waals surface area contributed by atoms with Crippen LogP contribution in [0, 0.1) is 0 Å². The maximum Gasteiger partial charge on any atom is 0.331 e. The zero-order valence-electron chi connectivity index (χ0n) is 14.8. The van der Waals surface area contributed by atoms with E-state index in [0.29, 0.717) is 6.42 Å². The standard InChI is InChI=1S/C21H25NO2/c1-5-18(20(23)24-21(2,3)4)22-19(16-12-8-6-9-13-16)17-14-10-7-11-15-17/h6-15,18H,5H2,1-4H3/t18-/m1/s1. The number of carbonyl (C=O) groups is 1. The molecule has 0 amide bonds. The third-order valence-electron chi connectivity index (χ3n) is 3.44. The summed E-state index contributed by atoms with van der Waals surface area (Å²) >= 11 is 0. The van der Waals surface area contributed by atoms with Crippen LogP contribution < -0.4 is 0 Å². The molecular formula is C21H25NO2. The normalized spacial score (nSPS) is 12.3. The lowest BCUT2D eigenvalue weighted by Crippen LogP contribution is -2.31. The molecule has 0 aliphatic rings. The van der Waals surface area contributed by atoms with Crippen LogP contribution in [0.1, 0.15) is 45.2 Å². The molecule has 24 heavy (non-hydrogen) atoms. The summed E-state index contributed by atoms with van der Waals surface area (Å²) in [6.45, 7) is 7.57. The van der Waals surface area contributed by atoms with Crippen LogP contribution >= 0.6 is 0 Å². The molecule has 126 valence electrons. The van der Waals surface area contributed by atoms with E-state index in [2.05, 4.69) is 0 Å². The van der Waals surface area contributed by atoms with Crippen LogP contribution in [0.2, 0.25) is 0 Å². The fourth-order valence-electron chi connectivity index (χ4n) is 2.34. The van der Waals surface area contributed by atoms with Gasteiger partial charge in [0.2, 0.25) is 0 Å². The van der Waals surface area contributed by atoms with Crippen LogP contribution in [0.15, 0.2) is 65.7 Å². The van der Waals surface area contributed by atoms with Crippen molar-refractivity contribution in [2.24, 2.45) is 4.99 Å². The number of nitrogens with zero attached hydrogens (tertiary/aromatic N) is 1. The first-order valence-electron chi connectivity index (χ1n) is 8.32. The molecule has 0 fully saturated rings. The topological polar surface area (TPSA) is 38.7 Å². The van der Waals surface area contributed by atoms with Crippen molar-refractivity contribution in [3.63, 3.8) is 0 Å². The average molecular weight is 323 g/mol. The van der Waals surface area contributed by atoms with Gasteiger partial charge < -0.3 is 4.74 Å². The summed E-state index contributed by atoms with van der Waals surface area (Å²) in [6.07, 6.45) is 0.595. The number of aliphatic imine (C=N–C) groups is 1. The van der Waals surface area contributed by atoms with Gasteiger partial charge in [-0.05, 0) is 27.2 Å². The monoisotopic (exact) mass is 323 g/mol. The molecule has 0 heterocycles. The number of rotatable bonds is 5. The quantitative estimate of drug-likeness (QED) is 0.594. The van der Waals surface area contributed by atoms with E-state index in [4.69, 9.17) is 9.73 Å². The molecule has 0 bridgehead atoms. The van der Waals surface area contributed by atoms with Crippen LogP contribution in [-0.4, -0.2) is 23.3 Å². The average Bonchev–Trinajstić information content (AvgIpc) is 2.56. The fourth-order valence-corrected chi connectivity index (χ4v) is 2.34. The third-order valence-corrected chi connectivity index (χ3v) is 3.44. The largest absolute Gasteiger partial charge is 0.458 e. The Balaban J connectivity index is 2.42. The summed E-state index contributed by atoms with van der Waals surface area (Å²) in [4.78, 5) is 17.2. The van der Waals surface area contributed by atoms with Crippen molar-refractivity contribution in [3.8, 4) is 0 Å². The van der Waals surface area contributed by atoms with Gasteiger partial charge in [-0.15, -0.1) is 0 Å². The van der Waals surface area contributed by atoms with Gasteiger partial charge in [-0.25, -0.2) is 4.79 Å². The van der Waals surface area contributed by atoms with E-state index in [9.17, 15) is 4.79 Å². The predicted octanol–water partition coefficient (Wildman–Crippen LogP) is 4.64. The highest BCUT2D eigenvalue weighted by molar-refractivity contribution is 6.13. The molecule has 2 aromatic rings. The van der Waals surface area contributed by atoms with Crippen molar-refractivity contribution in [2.45, 2.75) is 45.8 Å². The molecule has 2 aromatic carbocycles. The number of hydrogen-bond acceptors (Lipinski definition) is 3. The zero-order valence-corrected chi connectivity index (χ0v) is 14.8. The minimum Gasteiger partial charge on any atom is -0.458 e. The summed E-state index contributed by atoms with van der Waals surface area (Å²) in [5, 5.41) is 0. The van der Waals surface area contributed by atoms with Crippen molar-refractivity contribution in [2.75, 3.05) is 0 Å². The Kier molecular flexibility index (Phi) is 5.91. The Hall–Kier alpha value is -2.42. The maximum absolute atomic E-state index is 12.5. The lowest BCUT2D eigenvalue weighted by atomic mass is 10.0. The summed E-state index contributed by atoms with van der Waals surface area (Å²) in [5.41, 5.74) is 2.28. The molecular weight excluding hydrogens is 298 g/mol. The SMILES string of the molecule is CC[C@@H](N=C(c1ccccc1)c1ccccc1)C(=O)OC(C)(C)C. The van der Waals surface area contributed by atoms with E-state index in [1.807, 2.05) is 88.4 Å². The van der Waals surface area contributed by atoms with Crippen molar-refractivity contribution >= 4 is 11.7 Å². The molecule has 0 aromatic heterocycles. The first-order valence-corrected chi connectivity index (χ1v) is 8.32. The molecule has 3 nitrogen and oxygen atoms in total. The van der Waals surface area contributed by atoms with Gasteiger partial charge in [-0.2, -0.15) is 0 Å². The molecule has 0 unspecified atom stereocenters. The van der Waals surface area contributed by atoms with Crippen molar-refractivity contribution < 1.29 is 9.53 Å². The highest BCUT2D eigenvalue weighted by Gasteiger charge is 2.24. The summed E-state index contributed by atoms with van der Waals surface area (Å²) in [7, 11) is 0. The lowest BCUT2D eigenvalue weighted by molar-refractivity contribution is -0.156. The maximum atomic E-state index is 12.5. The van der Waals surface area contributed by atoms with E-state index >= 15 is 0 Å². The number of esters is 1. The van der Waals surface area contributed by atoms with Gasteiger partial charge in [0, 0.05) is 11.1 Å². The second kappa shape index (κ2) is 7.91. The Morgan fingerprint density at radius 2 is 1.42 bits per heavy atom. The summed E-state index contributed by atoms with van der Waals surface area (Å²) in [6, 6.07) is 19.4. The molecule has 2 rings (SSSR count). The predicted molar refractivity (Wildman–Crippen MR) is 98.4 cm³/mol. The van der Waals surface area contributed by atoms with E-state index in [1.165, 1.54) is 0 Å². The number of ether oxygens (including phenoxy) is 1. The Labute approximate surface area is 144 Å². The molecule has 0 radical (unpaired) electrons. The van der Waals surface area contributed by atoms with Crippen LogP contribution in [0.3, 0.4) is 0 Å². The van der Waals surface area contributed by atoms with E-state index in [-0.39, 0.29) is 5.97 Å². The molecule has 1 atom stereocenters. The highest BCUT2D eigenvalue weighted by Crippen LogP contribution is 2.16. The first kappa shape index (κ1) is 17.9. The highest BCUT2D eigenvalue weighted by atomic mass is 16.6. The second-order valence-electron chi connectivity index (χ2n) is 6.67. The van der Waals surface area contributed by atoms with Gasteiger partial charge in [0.1, 0.15) is 11.6 Å². The Morgan fingerprint density at radius 3 is 1.79 bits per heavy atom. The van der Waals surface area contributed by atoms with Crippen LogP contribution in [0.4, 0.5) is 0 Å². The second-order valence-corrected chi connectivity index (χ2v) is 6.67. The van der Waals surface area contributed by atoms with Crippen LogP contribution in [0.5, 0.6) is 0 Å². The van der Waals surface area contributed by atoms with Crippen molar-refractivity contribution in [1.29, 1.82) is 0 Å². The van der Waals surface area contributed by atoms with Gasteiger partial charge in [0.25, 0.3) is 0 Å². The Morgan fingerprint density at radius 1 is 0.958 bits per heavy atom. The number of hydrogen-bond donors (Lipinski definition) is 0. The number of carbonyl (C=O) groups excluding carboxylic acids is 1. The number of benzene rings is 2. The molecule has 0 saturated heterocycles. The Bertz CT molecular complexity index is 643. The van der Waals surface area contributed by atoms with Crippen LogP contribution in [0.25, 0.3) is 0 Å². The van der Waals surface area contributed by atoms with Gasteiger partial charge in [-0.3, -0.25) is 4.99 Å². The van der Waals surface area contributed by atoms with E-state index in [1.54, 1.807) is 0 Å². The van der Waals surface area contributed by atoms with Gasteiger partial charge in [0.15, 0.2) is 0 Å². The fraction of sp³-hybridized carbons (Fsp3) is 0.333. The first-order chi connectivity index (χ1) is 11.4. The zero-order chi connectivity index (χ0) is 17.6. The van der Waals surface area contributed by atoms with E-state index in [0.717, 1.165) is 16.8 Å². The molecule has 3 heteroatoms. The molecule has 0 spiro atoms. The molecule has 0 N–H and O–H groups in total. The lowest BCUT2D eigenvalue weighted by Gasteiger charge is -2.22. The van der Waals surface area contributed by atoms with Gasteiger partial charge in [-0.1, -0.05) is 67.6 Å². The van der Waals surface area contributed by atoms with E-state index < -0.39 is 11.6 Å². The van der Waals surface area contributed by atoms with Crippen molar-refractivity contribution in [1.82, 2.24) is 0 Å². The van der Waals surface area contributed by atoms with Gasteiger partial charge >= 0.3 is 5.97 Å². The summed E-state index contributed by atoms with van der Waals surface area (Å²) < 4.78 is 5.52.